The molecule has 116 valence electrons. The minimum atomic E-state index is -0.355. The Morgan fingerprint density at radius 1 is 1.17 bits per heavy atom. The molecule has 0 saturated heterocycles. The number of hydrogen-bond donors (Lipinski definition) is 0. The average Bonchev–Trinajstić information content (AvgIpc) is 2.79. The molecule has 2 bridgehead atoms. The maximum atomic E-state index is 12.1. The molecular formula is C18H16N2O3. The van der Waals surface area contributed by atoms with Crippen LogP contribution in [0, 0.1) is 10.1 Å². The molecule has 23 heavy (non-hydrogen) atoms. The SMILES string of the molecule is CC(=O)N1CC2c3cc([N+](=O)[O-])ccc3CC1c1ccccc12. The van der Waals surface area contributed by atoms with Crippen LogP contribution in [0.4, 0.5) is 5.69 Å². The maximum Gasteiger partial charge on any atom is 0.269 e. The van der Waals surface area contributed by atoms with Crippen molar-refractivity contribution in [1.82, 2.24) is 4.90 Å². The summed E-state index contributed by atoms with van der Waals surface area (Å²) in [5.74, 6) is 0.0561. The summed E-state index contributed by atoms with van der Waals surface area (Å²) in [6, 6.07) is 13.3. The largest absolute Gasteiger partial charge is 0.335 e. The van der Waals surface area contributed by atoms with Gasteiger partial charge in [-0.15, -0.1) is 0 Å². The molecule has 1 amide bonds. The monoisotopic (exact) mass is 308 g/mol. The highest BCUT2D eigenvalue weighted by Crippen LogP contribution is 2.46. The van der Waals surface area contributed by atoms with E-state index in [1.54, 1.807) is 19.1 Å². The van der Waals surface area contributed by atoms with Crippen LogP contribution >= 0.6 is 0 Å². The van der Waals surface area contributed by atoms with Gasteiger partial charge in [-0.2, -0.15) is 0 Å². The van der Waals surface area contributed by atoms with Crippen LogP contribution in [0.25, 0.3) is 0 Å². The van der Waals surface area contributed by atoms with Crippen LogP contribution in [-0.4, -0.2) is 22.3 Å². The number of rotatable bonds is 1. The molecule has 0 radical (unpaired) electrons. The molecule has 3 aliphatic rings. The second-order valence-electron chi connectivity index (χ2n) is 6.21. The Hall–Kier alpha value is -2.69. The lowest BCUT2D eigenvalue weighted by Gasteiger charge is -2.38. The van der Waals surface area contributed by atoms with E-state index in [1.807, 2.05) is 23.1 Å². The summed E-state index contributed by atoms with van der Waals surface area (Å²) in [5, 5.41) is 11.1. The van der Waals surface area contributed by atoms with Crippen molar-refractivity contribution >= 4 is 11.6 Å². The van der Waals surface area contributed by atoms with Crippen molar-refractivity contribution in [3.05, 3.63) is 74.8 Å². The fourth-order valence-electron chi connectivity index (χ4n) is 3.97. The van der Waals surface area contributed by atoms with Crippen LogP contribution in [0.2, 0.25) is 0 Å². The first-order valence-electron chi connectivity index (χ1n) is 7.69. The highest BCUT2D eigenvalue weighted by atomic mass is 16.6. The molecule has 0 N–H and O–H groups in total. The molecule has 0 aromatic heterocycles. The molecule has 2 aliphatic heterocycles. The third-order valence-corrected chi connectivity index (χ3v) is 5.02. The van der Waals surface area contributed by atoms with E-state index in [0.717, 1.165) is 16.7 Å². The number of nitro benzene ring substituents is 1. The number of nitrogens with zero attached hydrogens (tertiary/aromatic N) is 2. The van der Waals surface area contributed by atoms with Gasteiger partial charge < -0.3 is 4.90 Å². The van der Waals surface area contributed by atoms with Crippen LogP contribution in [0.1, 0.15) is 41.1 Å². The van der Waals surface area contributed by atoms with E-state index in [-0.39, 0.29) is 28.5 Å². The predicted octanol–water partition coefficient (Wildman–Crippen LogP) is 3.19. The first-order chi connectivity index (χ1) is 11.1. The molecule has 5 nitrogen and oxygen atoms in total. The smallest absolute Gasteiger partial charge is 0.269 e. The van der Waals surface area contributed by atoms with E-state index in [1.165, 1.54) is 5.56 Å². The summed E-state index contributed by atoms with van der Waals surface area (Å²) in [5.41, 5.74) is 4.55. The average molecular weight is 308 g/mol. The summed E-state index contributed by atoms with van der Waals surface area (Å²) in [7, 11) is 0. The molecule has 1 aliphatic carbocycles. The molecule has 2 atom stereocenters. The lowest BCUT2D eigenvalue weighted by molar-refractivity contribution is -0.384. The fraction of sp³-hybridized carbons (Fsp3) is 0.278. The van der Waals surface area contributed by atoms with Gasteiger partial charge in [0.15, 0.2) is 0 Å². The minimum absolute atomic E-state index is 0.00347. The van der Waals surface area contributed by atoms with Gasteiger partial charge in [0.05, 0.1) is 11.0 Å². The molecule has 2 heterocycles. The Kier molecular flexibility index (Phi) is 2.98. The molecule has 5 rings (SSSR count). The number of non-ortho nitro benzene ring substituents is 1. The van der Waals surface area contributed by atoms with Crippen molar-refractivity contribution in [3.8, 4) is 0 Å². The Balaban J connectivity index is 1.94. The molecule has 2 aromatic carbocycles. The van der Waals surface area contributed by atoms with Gasteiger partial charge in [-0.25, -0.2) is 0 Å². The lowest BCUT2D eigenvalue weighted by Crippen LogP contribution is -2.40. The van der Waals surface area contributed by atoms with Gasteiger partial charge in [0.2, 0.25) is 5.91 Å². The molecule has 0 spiro atoms. The number of benzene rings is 2. The Bertz CT molecular complexity index is 831. The van der Waals surface area contributed by atoms with Crippen molar-refractivity contribution in [2.75, 3.05) is 6.54 Å². The van der Waals surface area contributed by atoms with Crippen molar-refractivity contribution in [3.63, 3.8) is 0 Å². The topological polar surface area (TPSA) is 63.5 Å². The first kappa shape index (κ1) is 13.9. The van der Waals surface area contributed by atoms with Crippen molar-refractivity contribution in [2.45, 2.75) is 25.3 Å². The number of carbonyl (C=O) groups excluding carboxylic acids is 1. The minimum Gasteiger partial charge on any atom is -0.335 e. The van der Waals surface area contributed by atoms with E-state index in [4.69, 9.17) is 0 Å². The number of hydrogen-bond acceptors (Lipinski definition) is 3. The van der Waals surface area contributed by atoms with Crippen molar-refractivity contribution in [2.24, 2.45) is 0 Å². The van der Waals surface area contributed by atoms with Crippen LogP contribution in [0.3, 0.4) is 0 Å². The molecule has 2 aromatic rings. The first-order valence-corrected chi connectivity index (χ1v) is 7.69. The van der Waals surface area contributed by atoms with Crippen LogP contribution < -0.4 is 0 Å². The summed E-state index contributed by atoms with van der Waals surface area (Å²) < 4.78 is 0. The van der Waals surface area contributed by atoms with Crippen LogP contribution in [0.15, 0.2) is 42.5 Å². The van der Waals surface area contributed by atoms with Crippen molar-refractivity contribution < 1.29 is 9.72 Å². The lowest BCUT2D eigenvalue weighted by atomic mass is 9.84. The standard InChI is InChI=1S/C18H16N2O3/c1-11(21)19-10-17-14-4-2-3-5-15(14)18(19)8-12-6-7-13(20(22)23)9-16(12)17/h2-7,9,17-18H,8,10H2,1H3. The summed E-state index contributed by atoms with van der Waals surface area (Å²) in [6.07, 6.45) is 0.709. The van der Waals surface area contributed by atoms with Gasteiger partial charge in [0, 0.05) is 31.5 Å². The summed E-state index contributed by atoms with van der Waals surface area (Å²) in [4.78, 5) is 24.8. The number of carbonyl (C=O) groups is 1. The zero-order valence-corrected chi connectivity index (χ0v) is 12.7. The Labute approximate surface area is 133 Å². The predicted molar refractivity (Wildman–Crippen MR) is 85.2 cm³/mol. The normalized spacial score (nSPS) is 21.3. The second kappa shape index (κ2) is 4.91. The van der Waals surface area contributed by atoms with E-state index >= 15 is 0 Å². The molecule has 0 fully saturated rings. The third kappa shape index (κ3) is 2.04. The quantitative estimate of drug-likeness (QED) is 0.600. The Morgan fingerprint density at radius 3 is 2.61 bits per heavy atom. The number of fused-ring (bicyclic) bond motifs is 1. The second-order valence-corrected chi connectivity index (χ2v) is 6.21. The maximum absolute atomic E-state index is 12.1. The van der Waals surface area contributed by atoms with E-state index < -0.39 is 0 Å². The zero-order valence-electron chi connectivity index (χ0n) is 12.7. The van der Waals surface area contributed by atoms with Gasteiger partial charge in [0.1, 0.15) is 0 Å². The van der Waals surface area contributed by atoms with Crippen molar-refractivity contribution in [1.29, 1.82) is 0 Å². The summed E-state index contributed by atoms with van der Waals surface area (Å²) >= 11 is 0. The van der Waals surface area contributed by atoms with Crippen LogP contribution in [0.5, 0.6) is 0 Å². The highest BCUT2D eigenvalue weighted by Gasteiger charge is 2.39. The number of nitro groups is 1. The Morgan fingerprint density at radius 2 is 1.91 bits per heavy atom. The van der Waals surface area contributed by atoms with Gasteiger partial charge in [-0.05, 0) is 28.7 Å². The van der Waals surface area contributed by atoms with E-state index in [9.17, 15) is 14.9 Å². The van der Waals surface area contributed by atoms with Gasteiger partial charge in [0.25, 0.3) is 5.69 Å². The fourth-order valence-corrected chi connectivity index (χ4v) is 3.97. The van der Waals surface area contributed by atoms with Gasteiger partial charge in [-0.1, -0.05) is 30.3 Å². The highest BCUT2D eigenvalue weighted by molar-refractivity contribution is 5.75. The van der Waals surface area contributed by atoms with E-state index in [0.29, 0.717) is 13.0 Å². The third-order valence-electron chi connectivity index (χ3n) is 5.02. The summed E-state index contributed by atoms with van der Waals surface area (Å²) in [6.45, 7) is 2.18. The van der Waals surface area contributed by atoms with Gasteiger partial charge >= 0.3 is 0 Å². The molecule has 5 heteroatoms. The van der Waals surface area contributed by atoms with Crippen LogP contribution in [-0.2, 0) is 11.2 Å². The van der Waals surface area contributed by atoms with E-state index in [2.05, 4.69) is 12.1 Å². The van der Waals surface area contributed by atoms with Gasteiger partial charge in [-0.3, -0.25) is 14.9 Å². The zero-order chi connectivity index (χ0) is 16.1. The molecular weight excluding hydrogens is 292 g/mol. The molecule has 2 unspecified atom stereocenters. The molecule has 0 saturated carbocycles. The number of amides is 1.